The Labute approximate surface area is 142 Å². The summed E-state index contributed by atoms with van der Waals surface area (Å²) in [6.45, 7) is 2.14. The first kappa shape index (κ1) is 17.7. The molecule has 0 bridgehead atoms. The smallest absolute Gasteiger partial charge is 0.308 e. The molecule has 4 heteroatoms. The van der Waals surface area contributed by atoms with E-state index < -0.39 is 11.9 Å². The van der Waals surface area contributed by atoms with Gasteiger partial charge in [0.1, 0.15) is 0 Å². The van der Waals surface area contributed by atoms with Crippen molar-refractivity contribution in [2.45, 2.75) is 25.7 Å². The standard InChI is InChI=1S/C20H23NO3/c1-15(17-10-6-3-7-11-17)12-19(22)21-14-18(20(23)24)13-16-8-4-2-5-9-16/h2-11,15,18H,12-14H2,1H3,(H,21,22)(H,23,24). The molecule has 2 atom stereocenters. The van der Waals surface area contributed by atoms with E-state index in [1.165, 1.54) is 0 Å². The highest BCUT2D eigenvalue weighted by atomic mass is 16.4. The molecule has 2 rings (SSSR count). The number of amides is 1. The van der Waals surface area contributed by atoms with Crippen LogP contribution in [-0.2, 0) is 16.0 Å². The second-order valence-corrected chi connectivity index (χ2v) is 6.04. The summed E-state index contributed by atoms with van der Waals surface area (Å²) in [5.74, 6) is -1.53. The number of nitrogens with one attached hydrogen (secondary N) is 1. The fourth-order valence-corrected chi connectivity index (χ4v) is 2.63. The third-order valence-corrected chi connectivity index (χ3v) is 4.08. The molecule has 24 heavy (non-hydrogen) atoms. The number of hydrogen-bond acceptors (Lipinski definition) is 2. The molecule has 0 heterocycles. The van der Waals surface area contributed by atoms with Gasteiger partial charge >= 0.3 is 5.97 Å². The molecular weight excluding hydrogens is 302 g/mol. The van der Waals surface area contributed by atoms with Crippen molar-refractivity contribution in [1.82, 2.24) is 5.32 Å². The fraction of sp³-hybridized carbons (Fsp3) is 0.300. The molecular formula is C20H23NO3. The van der Waals surface area contributed by atoms with Gasteiger partial charge in [0.25, 0.3) is 0 Å². The number of carboxylic acids is 1. The third-order valence-electron chi connectivity index (χ3n) is 4.08. The molecule has 4 nitrogen and oxygen atoms in total. The van der Waals surface area contributed by atoms with E-state index in [-0.39, 0.29) is 18.4 Å². The minimum Gasteiger partial charge on any atom is -0.481 e. The number of hydrogen-bond donors (Lipinski definition) is 2. The Morgan fingerprint density at radius 1 is 1.00 bits per heavy atom. The average molecular weight is 325 g/mol. The van der Waals surface area contributed by atoms with Crippen molar-refractivity contribution in [3.05, 3.63) is 71.8 Å². The molecule has 0 aliphatic rings. The largest absolute Gasteiger partial charge is 0.481 e. The van der Waals surface area contributed by atoms with Crippen LogP contribution < -0.4 is 5.32 Å². The zero-order valence-electron chi connectivity index (χ0n) is 13.8. The number of benzene rings is 2. The van der Waals surface area contributed by atoms with E-state index in [0.29, 0.717) is 12.8 Å². The van der Waals surface area contributed by atoms with Crippen LogP contribution in [0.5, 0.6) is 0 Å². The molecule has 0 aromatic heterocycles. The predicted molar refractivity (Wildman–Crippen MR) is 93.8 cm³/mol. The van der Waals surface area contributed by atoms with Crippen LogP contribution in [0, 0.1) is 5.92 Å². The number of aliphatic carboxylic acids is 1. The minimum atomic E-state index is -0.893. The highest BCUT2D eigenvalue weighted by Gasteiger charge is 2.19. The van der Waals surface area contributed by atoms with Crippen LogP contribution in [0.25, 0.3) is 0 Å². The van der Waals surface area contributed by atoms with Crippen LogP contribution in [0.3, 0.4) is 0 Å². The first-order valence-corrected chi connectivity index (χ1v) is 8.14. The molecule has 2 unspecified atom stereocenters. The topological polar surface area (TPSA) is 66.4 Å². The van der Waals surface area contributed by atoms with Crippen LogP contribution in [-0.4, -0.2) is 23.5 Å². The molecule has 0 spiro atoms. The van der Waals surface area contributed by atoms with Crippen molar-refractivity contribution in [2.24, 2.45) is 5.92 Å². The minimum absolute atomic E-state index is 0.101. The summed E-state index contributed by atoms with van der Waals surface area (Å²) < 4.78 is 0. The monoisotopic (exact) mass is 325 g/mol. The Bertz CT molecular complexity index is 655. The number of carbonyl (C=O) groups excluding carboxylic acids is 1. The van der Waals surface area contributed by atoms with Crippen LogP contribution in [0.15, 0.2) is 60.7 Å². The van der Waals surface area contributed by atoms with Crippen LogP contribution >= 0.6 is 0 Å². The second kappa shape index (κ2) is 8.87. The molecule has 0 aliphatic heterocycles. The molecule has 0 aliphatic carbocycles. The zero-order valence-corrected chi connectivity index (χ0v) is 13.8. The Hall–Kier alpha value is -2.62. The second-order valence-electron chi connectivity index (χ2n) is 6.04. The molecule has 2 aromatic rings. The Kier molecular flexibility index (Phi) is 6.55. The van der Waals surface area contributed by atoms with Gasteiger partial charge in [0, 0.05) is 13.0 Å². The van der Waals surface area contributed by atoms with Crippen molar-refractivity contribution in [1.29, 1.82) is 0 Å². The van der Waals surface area contributed by atoms with Crippen molar-refractivity contribution in [2.75, 3.05) is 6.54 Å². The van der Waals surface area contributed by atoms with E-state index in [4.69, 9.17) is 0 Å². The first-order chi connectivity index (χ1) is 11.6. The van der Waals surface area contributed by atoms with Gasteiger partial charge in [0.2, 0.25) is 5.91 Å². The molecule has 2 aromatic carbocycles. The zero-order chi connectivity index (χ0) is 17.4. The number of carboxylic acid groups (broad SMARTS) is 1. The normalized spacial score (nSPS) is 13.0. The number of rotatable bonds is 8. The van der Waals surface area contributed by atoms with Gasteiger partial charge < -0.3 is 10.4 Å². The molecule has 0 fully saturated rings. The van der Waals surface area contributed by atoms with E-state index in [1.807, 2.05) is 67.6 Å². The van der Waals surface area contributed by atoms with Gasteiger partial charge in [0.05, 0.1) is 5.92 Å². The van der Waals surface area contributed by atoms with E-state index in [2.05, 4.69) is 5.32 Å². The lowest BCUT2D eigenvalue weighted by atomic mass is 9.97. The lowest BCUT2D eigenvalue weighted by Crippen LogP contribution is -2.34. The van der Waals surface area contributed by atoms with Crippen molar-refractivity contribution < 1.29 is 14.7 Å². The van der Waals surface area contributed by atoms with Gasteiger partial charge in [-0.25, -0.2) is 0 Å². The molecule has 1 amide bonds. The van der Waals surface area contributed by atoms with Gasteiger partial charge in [-0.05, 0) is 23.5 Å². The summed E-state index contributed by atoms with van der Waals surface area (Å²) in [4.78, 5) is 23.5. The molecule has 0 saturated carbocycles. The Morgan fingerprint density at radius 2 is 1.58 bits per heavy atom. The first-order valence-electron chi connectivity index (χ1n) is 8.14. The third kappa shape index (κ3) is 5.54. The van der Waals surface area contributed by atoms with Crippen LogP contribution in [0.4, 0.5) is 0 Å². The van der Waals surface area contributed by atoms with Gasteiger partial charge in [-0.15, -0.1) is 0 Å². The van der Waals surface area contributed by atoms with Crippen LogP contribution in [0.1, 0.15) is 30.4 Å². The summed E-state index contributed by atoms with van der Waals surface area (Å²) in [7, 11) is 0. The summed E-state index contributed by atoms with van der Waals surface area (Å²) in [5.41, 5.74) is 2.06. The Balaban J connectivity index is 1.85. The number of carbonyl (C=O) groups is 2. The Morgan fingerprint density at radius 3 is 2.17 bits per heavy atom. The fourth-order valence-electron chi connectivity index (χ4n) is 2.63. The molecule has 0 saturated heterocycles. The predicted octanol–water partition coefficient (Wildman–Crippen LogP) is 3.24. The highest BCUT2D eigenvalue weighted by molar-refractivity contribution is 5.78. The van der Waals surface area contributed by atoms with E-state index in [0.717, 1.165) is 11.1 Å². The lowest BCUT2D eigenvalue weighted by Gasteiger charge is -2.15. The van der Waals surface area contributed by atoms with Crippen molar-refractivity contribution >= 4 is 11.9 Å². The summed E-state index contributed by atoms with van der Waals surface area (Å²) >= 11 is 0. The van der Waals surface area contributed by atoms with Gasteiger partial charge in [-0.3, -0.25) is 9.59 Å². The lowest BCUT2D eigenvalue weighted by molar-refractivity contribution is -0.141. The SMILES string of the molecule is CC(CC(=O)NCC(Cc1ccccc1)C(=O)O)c1ccccc1. The maximum Gasteiger partial charge on any atom is 0.308 e. The van der Waals surface area contributed by atoms with E-state index >= 15 is 0 Å². The summed E-state index contributed by atoms with van der Waals surface area (Å²) in [6.07, 6.45) is 0.756. The van der Waals surface area contributed by atoms with E-state index in [9.17, 15) is 14.7 Å². The van der Waals surface area contributed by atoms with Gasteiger partial charge in [-0.1, -0.05) is 67.6 Å². The van der Waals surface area contributed by atoms with Gasteiger partial charge in [-0.2, -0.15) is 0 Å². The summed E-state index contributed by atoms with van der Waals surface area (Å²) in [6, 6.07) is 19.3. The van der Waals surface area contributed by atoms with E-state index in [1.54, 1.807) is 0 Å². The molecule has 126 valence electrons. The maximum atomic E-state index is 12.1. The molecule has 0 radical (unpaired) electrons. The highest BCUT2D eigenvalue weighted by Crippen LogP contribution is 2.18. The van der Waals surface area contributed by atoms with Crippen molar-refractivity contribution in [3.8, 4) is 0 Å². The summed E-state index contributed by atoms with van der Waals surface area (Å²) in [5, 5.41) is 12.1. The maximum absolute atomic E-state index is 12.1. The van der Waals surface area contributed by atoms with Gasteiger partial charge in [0.15, 0.2) is 0 Å². The van der Waals surface area contributed by atoms with Crippen LogP contribution in [0.2, 0.25) is 0 Å². The van der Waals surface area contributed by atoms with Crippen molar-refractivity contribution in [3.63, 3.8) is 0 Å². The quantitative estimate of drug-likeness (QED) is 0.783. The average Bonchev–Trinajstić information content (AvgIpc) is 2.60. The molecule has 2 N–H and O–H groups in total.